The molecule has 1 unspecified atom stereocenters. The van der Waals surface area contributed by atoms with E-state index in [0.717, 1.165) is 11.8 Å². The second kappa shape index (κ2) is 11.9. The van der Waals surface area contributed by atoms with Crippen LogP contribution >= 0.6 is 11.8 Å². The quantitative estimate of drug-likeness (QED) is 0.223. The highest BCUT2D eigenvalue weighted by Crippen LogP contribution is 2.19. The van der Waals surface area contributed by atoms with E-state index in [-0.39, 0.29) is 30.6 Å². The highest BCUT2D eigenvalue weighted by atomic mass is 32.2. The molecule has 0 aliphatic heterocycles. The van der Waals surface area contributed by atoms with Gasteiger partial charge in [0.05, 0.1) is 19.5 Å². The van der Waals surface area contributed by atoms with Gasteiger partial charge in [-0.1, -0.05) is 25.6 Å². The first kappa shape index (κ1) is 23.4. The van der Waals surface area contributed by atoms with E-state index in [1.807, 2.05) is 0 Å². The molecule has 8 nitrogen and oxygen atoms in total. The summed E-state index contributed by atoms with van der Waals surface area (Å²) in [4.78, 5) is 34.8. The van der Waals surface area contributed by atoms with Crippen molar-refractivity contribution in [3.63, 3.8) is 0 Å². The molecule has 4 N–H and O–H groups in total. The molecule has 2 amide bonds. The molecule has 0 aliphatic rings. The zero-order valence-electron chi connectivity index (χ0n) is 15.1. The molecule has 0 heterocycles. The molecule has 0 aromatic heterocycles. The van der Waals surface area contributed by atoms with Gasteiger partial charge in [-0.25, -0.2) is 0 Å². The molecule has 0 fully saturated rings. The zero-order valence-corrected chi connectivity index (χ0v) is 15.9. The summed E-state index contributed by atoms with van der Waals surface area (Å²) in [6.07, 6.45) is 0.0761. The summed E-state index contributed by atoms with van der Waals surface area (Å²) in [5.41, 5.74) is -0.953. The summed E-state index contributed by atoms with van der Waals surface area (Å²) < 4.78 is 4.86. The summed E-state index contributed by atoms with van der Waals surface area (Å²) in [5.74, 6) is 0.0402. The SMILES string of the molecule is CO/C(C)=C\C(=O)SCCNC(=O)CCNC(=O)C(O)C(C)(C)CO. The predicted molar refractivity (Wildman–Crippen MR) is 95.7 cm³/mol. The lowest BCUT2D eigenvalue weighted by Crippen LogP contribution is -2.46. The standard InChI is InChI=1S/C16H28N2O6S/c1-11(24-4)9-13(21)25-8-7-17-12(20)5-6-18-15(23)14(22)16(2,3)10-19/h9,14,19,22H,5-8,10H2,1-4H3,(H,17,20)(H,18,23)/b11-9-. The van der Waals surface area contributed by atoms with Crippen LogP contribution in [0.25, 0.3) is 0 Å². The maximum Gasteiger partial charge on any atom is 0.249 e. The predicted octanol–water partition coefficient (Wildman–Crippen LogP) is -0.202. The molecular formula is C16H28N2O6S. The minimum atomic E-state index is -1.36. The molecular weight excluding hydrogens is 348 g/mol. The number of carbonyl (C=O) groups is 3. The molecule has 0 saturated heterocycles. The summed E-state index contributed by atoms with van der Waals surface area (Å²) in [5, 5.41) is 23.8. The van der Waals surface area contributed by atoms with Gasteiger partial charge in [-0.05, 0) is 6.92 Å². The average molecular weight is 376 g/mol. The van der Waals surface area contributed by atoms with Crippen LogP contribution in [0.5, 0.6) is 0 Å². The normalized spacial score (nSPS) is 13.1. The van der Waals surface area contributed by atoms with Crippen molar-refractivity contribution >= 4 is 28.7 Å². The van der Waals surface area contributed by atoms with Crippen LogP contribution in [0.4, 0.5) is 0 Å². The Morgan fingerprint density at radius 3 is 2.44 bits per heavy atom. The molecule has 0 aliphatic carbocycles. The van der Waals surface area contributed by atoms with Crippen molar-refractivity contribution in [3.8, 4) is 0 Å². The van der Waals surface area contributed by atoms with Gasteiger partial charge in [0.25, 0.3) is 0 Å². The lowest BCUT2D eigenvalue weighted by atomic mass is 9.87. The Morgan fingerprint density at radius 2 is 1.88 bits per heavy atom. The number of carbonyl (C=O) groups excluding carboxylic acids is 3. The minimum absolute atomic E-state index is 0.0549. The van der Waals surface area contributed by atoms with E-state index >= 15 is 0 Å². The summed E-state index contributed by atoms with van der Waals surface area (Å²) in [6.45, 7) is 4.86. The Balaban J connectivity index is 3.92. The number of methoxy groups -OCH3 is 1. The Kier molecular flexibility index (Phi) is 11.1. The number of thioether (sulfide) groups is 1. The molecule has 1 atom stereocenters. The molecule has 0 bridgehead atoms. The third-order valence-corrected chi connectivity index (χ3v) is 4.17. The molecule has 0 aromatic carbocycles. The van der Waals surface area contributed by atoms with Gasteiger partial charge in [0.1, 0.15) is 6.10 Å². The number of ether oxygens (including phenoxy) is 1. The number of rotatable bonds is 11. The van der Waals surface area contributed by atoms with Crippen LogP contribution in [0.1, 0.15) is 27.2 Å². The van der Waals surface area contributed by atoms with Crippen LogP contribution in [0.2, 0.25) is 0 Å². The molecule has 0 saturated carbocycles. The van der Waals surface area contributed by atoms with Gasteiger partial charge in [-0.3, -0.25) is 14.4 Å². The first-order chi connectivity index (χ1) is 11.6. The maximum atomic E-state index is 11.7. The van der Waals surface area contributed by atoms with Crippen molar-refractivity contribution in [1.82, 2.24) is 10.6 Å². The Bertz CT molecular complexity index is 493. The van der Waals surface area contributed by atoms with Crippen LogP contribution in [-0.2, 0) is 19.1 Å². The summed E-state index contributed by atoms with van der Waals surface area (Å²) in [7, 11) is 1.48. The van der Waals surface area contributed by atoms with Crippen molar-refractivity contribution < 1.29 is 29.3 Å². The number of hydrogen-bond acceptors (Lipinski definition) is 7. The largest absolute Gasteiger partial charge is 0.501 e. The van der Waals surface area contributed by atoms with E-state index in [2.05, 4.69) is 10.6 Å². The summed E-state index contributed by atoms with van der Waals surface area (Å²) >= 11 is 1.06. The fourth-order valence-corrected chi connectivity index (χ4v) is 2.19. The first-order valence-electron chi connectivity index (χ1n) is 7.86. The molecule has 0 spiro atoms. The Morgan fingerprint density at radius 1 is 1.24 bits per heavy atom. The first-order valence-corrected chi connectivity index (χ1v) is 8.85. The van der Waals surface area contributed by atoms with Gasteiger partial charge < -0.3 is 25.6 Å². The topological polar surface area (TPSA) is 125 Å². The lowest BCUT2D eigenvalue weighted by molar-refractivity contribution is -0.137. The fraction of sp³-hybridized carbons (Fsp3) is 0.688. The highest BCUT2D eigenvalue weighted by Gasteiger charge is 2.32. The average Bonchev–Trinajstić information content (AvgIpc) is 2.57. The van der Waals surface area contributed by atoms with Crippen molar-refractivity contribution in [2.75, 3.05) is 32.6 Å². The van der Waals surface area contributed by atoms with Crippen molar-refractivity contribution in [3.05, 3.63) is 11.8 Å². The molecule has 0 aromatic rings. The van der Waals surface area contributed by atoms with Crippen LogP contribution < -0.4 is 10.6 Å². The zero-order chi connectivity index (χ0) is 19.5. The number of amides is 2. The van der Waals surface area contributed by atoms with Crippen LogP contribution in [0.15, 0.2) is 11.8 Å². The maximum absolute atomic E-state index is 11.7. The molecule has 9 heteroatoms. The third kappa shape index (κ3) is 10.1. The monoisotopic (exact) mass is 376 g/mol. The molecule has 25 heavy (non-hydrogen) atoms. The number of hydrogen-bond donors (Lipinski definition) is 4. The van der Waals surface area contributed by atoms with E-state index in [1.165, 1.54) is 13.2 Å². The number of aliphatic hydroxyl groups is 2. The van der Waals surface area contributed by atoms with Crippen molar-refractivity contribution in [1.29, 1.82) is 0 Å². The van der Waals surface area contributed by atoms with Gasteiger partial charge in [0, 0.05) is 36.8 Å². The Labute approximate surface area is 152 Å². The van der Waals surface area contributed by atoms with Gasteiger partial charge in [-0.2, -0.15) is 0 Å². The van der Waals surface area contributed by atoms with Crippen LogP contribution in [0.3, 0.4) is 0 Å². The van der Waals surface area contributed by atoms with E-state index in [1.54, 1.807) is 20.8 Å². The fourth-order valence-electron chi connectivity index (χ4n) is 1.53. The van der Waals surface area contributed by atoms with Crippen molar-refractivity contribution in [2.45, 2.75) is 33.3 Å². The van der Waals surface area contributed by atoms with Crippen molar-refractivity contribution in [2.24, 2.45) is 5.41 Å². The second-order valence-electron chi connectivity index (χ2n) is 6.07. The second-order valence-corrected chi connectivity index (χ2v) is 7.17. The molecule has 0 rings (SSSR count). The smallest absolute Gasteiger partial charge is 0.249 e. The van der Waals surface area contributed by atoms with E-state index in [9.17, 15) is 19.5 Å². The van der Waals surface area contributed by atoms with E-state index in [0.29, 0.717) is 18.1 Å². The van der Waals surface area contributed by atoms with Gasteiger partial charge in [0.2, 0.25) is 16.9 Å². The highest BCUT2D eigenvalue weighted by molar-refractivity contribution is 8.14. The van der Waals surface area contributed by atoms with Gasteiger partial charge >= 0.3 is 0 Å². The van der Waals surface area contributed by atoms with Crippen LogP contribution in [-0.4, -0.2) is 65.8 Å². The number of aliphatic hydroxyl groups excluding tert-OH is 2. The molecule has 0 radical (unpaired) electrons. The van der Waals surface area contributed by atoms with E-state index in [4.69, 9.17) is 9.84 Å². The molecule has 144 valence electrons. The number of nitrogens with one attached hydrogen (secondary N) is 2. The van der Waals surface area contributed by atoms with Gasteiger partial charge in [0.15, 0.2) is 0 Å². The van der Waals surface area contributed by atoms with Crippen LogP contribution in [0, 0.1) is 5.41 Å². The Hall–Kier alpha value is -1.58. The third-order valence-electron chi connectivity index (χ3n) is 3.36. The lowest BCUT2D eigenvalue weighted by Gasteiger charge is -2.27. The van der Waals surface area contributed by atoms with Gasteiger partial charge in [-0.15, -0.1) is 0 Å². The summed E-state index contributed by atoms with van der Waals surface area (Å²) in [6, 6.07) is 0. The number of allylic oxidation sites excluding steroid dienone is 1. The van der Waals surface area contributed by atoms with E-state index < -0.39 is 17.4 Å². The minimum Gasteiger partial charge on any atom is -0.501 e.